The zero-order valence-corrected chi connectivity index (χ0v) is 13.9. The van der Waals surface area contributed by atoms with Crippen LogP contribution >= 0.6 is 0 Å². The van der Waals surface area contributed by atoms with E-state index < -0.39 is 0 Å². The van der Waals surface area contributed by atoms with Crippen molar-refractivity contribution in [3.8, 4) is 5.69 Å². The molecule has 6 heteroatoms. The van der Waals surface area contributed by atoms with Gasteiger partial charge in [-0.05, 0) is 49.4 Å². The standard InChI is InChI=1S/C18H24N4O2/c1-14(20-18(24)21-10-2-4-15(12-21)13-23)16-5-7-17(8-6-16)22-11-3-9-19-22/h3,5-9,11,14-15,23H,2,4,10,12-13H2,1H3,(H,20,24). The third-order valence-corrected chi connectivity index (χ3v) is 4.57. The number of rotatable bonds is 4. The van der Waals surface area contributed by atoms with Gasteiger partial charge in [-0.2, -0.15) is 5.10 Å². The number of amides is 2. The molecule has 1 aliphatic heterocycles. The molecule has 0 radical (unpaired) electrons. The quantitative estimate of drug-likeness (QED) is 0.905. The lowest BCUT2D eigenvalue weighted by Gasteiger charge is -2.32. The number of urea groups is 1. The van der Waals surface area contributed by atoms with Gasteiger partial charge in [-0.3, -0.25) is 0 Å². The summed E-state index contributed by atoms with van der Waals surface area (Å²) in [6.45, 7) is 3.52. The van der Waals surface area contributed by atoms with E-state index in [1.807, 2.05) is 43.5 Å². The Labute approximate surface area is 142 Å². The molecule has 0 bridgehead atoms. The maximum atomic E-state index is 12.4. The molecule has 2 atom stereocenters. The Morgan fingerprint density at radius 3 is 2.88 bits per heavy atom. The summed E-state index contributed by atoms with van der Waals surface area (Å²) < 4.78 is 1.80. The first-order valence-electron chi connectivity index (χ1n) is 8.43. The second-order valence-electron chi connectivity index (χ2n) is 6.35. The number of likely N-dealkylation sites (tertiary alicyclic amines) is 1. The van der Waals surface area contributed by atoms with Crippen LogP contribution in [-0.4, -0.2) is 45.5 Å². The largest absolute Gasteiger partial charge is 0.396 e. The molecule has 2 N–H and O–H groups in total. The van der Waals surface area contributed by atoms with Crippen molar-refractivity contribution in [2.75, 3.05) is 19.7 Å². The molecule has 2 unspecified atom stereocenters. The molecule has 3 rings (SSSR count). The predicted molar refractivity (Wildman–Crippen MR) is 91.9 cm³/mol. The number of hydrogen-bond donors (Lipinski definition) is 2. The molecule has 1 saturated heterocycles. The fourth-order valence-electron chi connectivity index (χ4n) is 3.10. The number of aromatic nitrogens is 2. The fraction of sp³-hybridized carbons (Fsp3) is 0.444. The Morgan fingerprint density at radius 2 is 2.21 bits per heavy atom. The van der Waals surface area contributed by atoms with Gasteiger partial charge in [-0.1, -0.05) is 12.1 Å². The van der Waals surface area contributed by atoms with Crippen molar-refractivity contribution in [1.82, 2.24) is 20.0 Å². The summed E-state index contributed by atoms with van der Waals surface area (Å²) in [5, 5.41) is 16.5. The first-order valence-corrected chi connectivity index (χ1v) is 8.43. The van der Waals surface area contributed by atoms with Crippen LogP contribution in [-0.2, 0) is 0 Å². The van der Waals surface area contributed by atoms with Gasteiger partial charge in [0.15, 0.2) is 0 Å². The number of aliphatic hydroxyl groups is 1. The van der Waals surface area contributed by atoms with Crippen molar-refractivity contribution in [3.63, 3.8) is 0 Å². The van der Waals surface area contributed by atoms with Gasteiger partial charge in [0.1, 0.15) is 0 Å². The van der Waals surface area contributed by atoms with Crippen LogP contribution in [0.4, 0.5) is 4.79 Å². The second-order valence-corrected chi connectivity index (χ2v) is 6.35. The van der Waals surface area contributed by atoms with Crippen LogP contribution < -0.4 is 5.32 Å². The fourth-order valence-corrected chi connectivity index (χ4v) is 3.10. The van der Waals surface area contributed by atoms with Crippen molar-refractivity contribution in [1.29, 1.82) is 0 Å². The predicted octanol–water partition coefficient (Wildman–Crippen LogP) is 2.35. The molecule has 2 aromatic rings. The van der Waals surface area contributed by atoms with Gasteiger partial charge in [0.25, 0.3) is 0 Å². The monoisotopic (exact) mass is 328 g/mol. The zero-order valence-electron chi connectivity index (χ0n) is 13.9. The van der Waals surface area contributed by atoms with E-state index in [1.54, 1.807) is 15.8 Å². The maximum Gasteiger partial charge on any atom is 0.317 e. The zero-order chi connectivity index (χ0) is 16.9. The van der Waals surface area contributed by atoms with E-state index in [2.05, 4.69) is 10.4 Å². The van der Waals surface area contributed by atoms with Crippen molar-refractivity contribution in [2.24, 2.45) is 5.92 Å². The topological polar surface area (TPSA) is 70.4 Å². The number of carbonyl (C=O) groups is 1. The Balaban J connectivity index is 1.60. The number of benzene rings is 1. The average Bonchev–Trinajstić information content (AvgIpc) is 3.16. The van der Waals surface area contributed by atoms with Gasteiger partial charge in [-0.25, -0.2) is 9.48 Å². The van der Waals surface area contributed by atoms with E-state index in [1.165, 1.54) is 0 Å². The average molecular weight is 328 g/mol. The Bertz CT molecular complexity index is 654. The molecular weight excluding hydrogens is 304 g/mol. The molecule has 0 saturated carbocycles. The minimum absolute atomic E-state index is 0.0585. The number of nitrogens with one attached hydrogen (secondary N) is 1. The van der Waals surface area contributed by atoms with E-state index in [0.29, 0.717) is 6.54 Å². The summed E-state index contributed by atoms with van der Waals surface area (Å²) in [4.78, 5) is 14.2. The molecule has 24 heavy (non-hydrogen) atoms. The highest BCUT2D eigenvalue weighted by molar-refractivity contribution is 5.74. The van der Waals surface area contributed by atoms with Crippen LogP contribution in [0.5, 0.6) is 0 Å². The molecular formula is C18H24N4O2. The molecule has 1 aromatic heterocycles. The number of aliphatic hydroxyl groups excluding tert-OH is 1. The second kappa shape index (κ2) is 7.49. The van der Waals surface area contributed by atoms with Gasteiger partial charge >= 0.3 is 6.03 Å². The SMILES string of the molecule is CC(NC(=O)N1CCCC(CO)C1)c1ccc(-n2cccn2)cc1. The first kappa shape index (κ1) is 16.5. The van der Waals surface area contributed by atoms with Crippen molar-refractivity contribution >= 4 is 6.03 Å². The summed E-state index contributed by atoms with van der Waals surface area (Å²) in [6.07, 6.45) is 5.58. The molecule has 1 aromatic carbocycles. The third kappa shape index (κ3) is 3.76. The number of hydrogen-bond acceptors (Lipinski definition) is 3. The number of piperidine rings is 1. The molecule has 6 nitrogen and oxygen atoms in total. The maximum absolute atomic E-state index is 12.4. The van der Waals surface area contributed by atoms with Crippen molar-refractivity contribution < 1.29 is 9.90 Å². The summed E-state index contributed by atoms with van der Waals surface area (Å²) in [5.41, 5.74) is 2.04. The van der Waals surface area contributed by atoms with Gasteiger partial charge in [-0.15, -0.1) is 0 Å². The van der Waals surface area contributed by atoms with Gasteiger partial charge in [0.2, 0.25) is 0 Å². The van der Waals surface area contributed by atoms with E-state index in [0.717, 1.165) is 30.6 Å². The highest BCUT2D eigenvalue weighted by Gasteiger charge is 2.24. The van der Waals surface area contributed by atoms with Crippen molar-refractivity contribution in [2.45, 2.75) is 25.8 Å². The summed E-state index contributed by atoms with van der Waals surface area (Å²) in [7, 11) is 0. The molecule has 0 aliphatic carbocycles. The number of nitrogens with zero attached hydrogens (tertiary/aromatic N) is 3. The van der Waals surface area contributed by atoms with Crippen LogP contribution in [0.1, 0.15) is 31.4 Å². The highest BCUT2D eigenvalue weighted by atomic mass is 16.3. The lowest BCUT2D eigenvalue weighted by atomic mass is 9.99. The van der Waals surface area contributed by atoms with Crippen molar-refractivity contribution in [3.05, 3.63) is 48.3 Å². The molecule has 2 heterocycles. The van der Waals surface area contributed by atoms with Crippen LogP contribution in [0.3, 0.4) is 0 Å². The van der Waals surface area contributed by atoms with Gasteiger partial charge in [0, 0.05) is 32.1 Å². The van der Waals surface area contributed by atoms with Gasteiger partial charge in [0.05, 0.1) is 11.7 Å². The number of carbonyl (C=O) groups excluding carboxylic acids is 1. The Hall–Kier alpha value is -2.34. The molecule has 1 aliphatic rings. The highest BCUT2D eigenvalue weighted by Crippen LogP contribution is 2.18. The van der Waals surface area contributed by atoms with Crippen LogP contribution in [0.15, 0.2) is 42.7 Å². The summed E-state index contributed by atoms with van der Waals surface area (Å²) in [5.74, 6) is 0.202. The van der Waals surface area contributed by atoms with E-state index in [9.17, 15) is 9.90 Å². The normalized spacial score (nSPS) is 19.1. The first-order chi connectivity index (χ1) is 11.7. The van der Waals surface area contributed by atoms with E-state index >= 15 is 0 Å². The molecule has 2 amide bonds. The molecule has 0 spiro atoms. The smallest absolute Gasteiger partial charge is 0.317 e. The Kier molecular flexibility index (Phi) is 5.15. The van der Waals surface area contributed by atoms with Gasteiger partial charge < -0.3 is 15.3 Å². The molecule has 1 fully saturated rings. The van der Waals surface area contributed by atoms with Crippen LogP contribution in [0.25, 0.3) is 5.69 Å². The Morgan fingerprint density at radius 1 is 1.42 bits per heavy atom. The van der Waals surface area contributed by atoms with E-state index in [-0.39, 0.29) is 24.6 Å². The lowest BCUT2D eigenvalue weighted by molar-refractivity contribution is 0.128. The summed E-state index contributed by atoms with van der Waals surface area (Å²) >= 11 is 0. The lowest BCUT2D eigenvalue weighted by Crippen LogP contribution is -2.46. The van der Waals surface area contributed by atoms with Crippen LogP contribution in [0, 0.1) is 5.92 Å². The minimum atomic E-state index is -0.0707. The minimum Gasteiger partial charge on any atom is -0.396 e. The summed E-state index contributed by atoms with van der Waals surface area (Å²) in [6, 6.07) is 9.76. The molecule has 128 valence electrons. The van der Waals surface area contributed by atoms with E-state index in [4.69, 9.17) is 0 Å². The van der Waals surface area contributed by atoms with Crippen LogP contribution in [0.2, 0.25) is 0 Å². The third-order valence-electron chi connectivity index (χ3n) is 4.57.